The van der Waals surface area contributed by atoms with Crippen molar-refractivity contribution in [1.82, 2.24) is 5.06 Å². The molecule has 0 amide bonds. The summed E-state index contributed by atoms with van der Waals surface area (Å²) < 4.78 is 11.7. The number of amidine groups is 1. The summed E-state index contributed by atoms with van der Waals surface area (Å²) >= 11 is 0. The number of rotatable bonds is 14. The lowest BCUT2D eigenvalue weighted by molar-refractivity contribution is -0.0986. The molecule has 4 rings (SSSR count). The van der Waals surface area contributed by atoms with Crippen LogP contribution in [-0.4, -0.2) is 37.3 Å². The van der Waals surface area contributed by atoms with E-state index in [2.05, 4.69) is 47.7 Å². The van der Waals surface area contributed by atoms with Gasteiger partial charge in [0.15, 0.2) is 0 Å². The van der Waals surface area contributed by atoms with Crippen LogP contribution in [0, 0.1) is 25.2 Å². The molecule has 2 aliphatic heterocycles. The minimum atomic E-state index is 0.00872. The summed E-state index contributed by atoms with van der Waals surface area (Å²) in [7, 11) is 0. The van der Waals surface area contributed by atoms with E-state index in [0.29, 0.717) is 30.3 Å². The third-order valence-electron chi connectivity index (χ3n) is 7.18. The molecular weight excluding hydrogens is 524 g/mol. The summed E-state index contributed by atoms with van der Waals surface area (Å²) in [5.74, 6) is 1.49. The maximum absolute atomic E-state index is 9.88. The number of nitriles is 1. The molecule has 1 saturated heterocycles. The summed E-state index contributed by atoms with van der Waals surface area (Å²) in [5, 5.41) is 15.0. The van der Waals surface area contributed by atoms with Gasteiger partial charge in [0.05, 0.1) is 19.3 Å². The van der Waals surface area contributed by atoms with Crippen molar-refractivity contribution in [2.24, 2.45) is 4.99 Å². The van der Waals surface area contributed by atoms with E-state index < -0.39 is 0 Å². The van der Waals surface area contributed by atoms with Crippen LogP contribution in [-0.2, 0) is 9.57 Å². The van der Waals surface area contributed by atoms with Crippen molar-refractivity contribution in [3.8, 4) is 11.8 Å². The van der Waals surface area contributed by atoms with Gasteiger partial charge in [-0.3, -0.25) is 4.84 Å². The quantitative estimate of drug-likeness (QED) is 0.142. The minimum absolute atomic E-state index is 0.00872. The van der Waals surface area contributed by atoms with Crippen LogP contribution >= 0.6 is 0 Å². The fourth-order valence-corrected chi connectivity index (χ4v) is 5.14. The Morgan fingerprint density at radius 2 is 1.88 bits per heavy atom. The van der Waals surface area contributed by atoms with E-state index in [1.807, 2.05) is 44.2 Å². The molecular formula is C35H42N4O3. The Bertz CT molecular complexity index is 1370. The molecule has 0 unspecified atom stereocenters. The molecule has 2 heterocycles. The number of hydrogen-bond donors (Lipinski definition) is 1. The van der Waals surface area contributed by atoms with Gasteiger partial charge in [0.1, 0.15) is 28.9 Å². The Morgan fingerprint density at radius 3 is 2.60 bits per heavy atom. The van der Waals surface area contributed by atoms with Crippen molar-refractivity contribution in [1.29, 1.82) is 5.26 Å². The Hall–Kier alpha value is -4.08. The average Bonchev–Trinajstić information content (AvgIpc) is 3.39. The Morgan fingerprint density at radius 1 is 1.14 bits per heavy atom. The van der Waals surface area contributed by atoms with Gasteiger partial charge in [-0.05, 0) is 74.8 Å². The maximum atomic E-state index is 9.88. The standard InChI is InChI=1S/C35H42N4O3/c1-5-18-40-19-9-11-26(2)12-10-20-41-35-27(3)22-31(23-28(35)4)38-34-16-15-32(30(24-36)25-37-34)39-33(17-21-42-39)29-13-7-6-8-14-29/h6-8,13-14,16,22-23,25,33H,2,5,9-12,17-21H2,1,3-4H3,(H,37,38)/t33-/m0/s1. The molecule has 220 valence electrons. The normalized spacial score (nSPS) is 16.3. The van der Waals surface area contributed by atoms with Gasteiger partial charge in [-0.25, -0.2) is 10.1 Å². The lowest BCUT2D eigenvalue weighted by Gasteiger charge is -2.25. The molecule has 1 atom stereocenters. The molecule has 0 bridgehead atoms. The molecule has 0 saturated carbocycles. The zero-order chi connectivity index (χ0) is 29.7. The smallest absolute Gasteiger partial charge is 0.138 e. The highest BCUT2D eigenvalue weighted by atomic mass is 16.7. The Kier molecular flexibility index (Phi) is 11.6. The lowest BCUT2D eigenvalue weighted by Crippen LogP contribution is -2.22. The van der Waals surface area contributed by atoms with Crippen LogP contribution in [0.4, 0.5) is 5.69 Å². The van der Waals surface area contributed by atoms with Crippen LogP contribution < -0.4 is 10.1 Å². The van der Waals surface area contributed by atoms with Crippen molar-refractivity contribution in [3.63, 3.8) is 0 Å². The topological polar surface area (TPSA) is 79.1 Å². The van der Waals surface area contributed by atoms with E-state index >= 15 is 0 Å². The van der Waals surface area contributed by atoms with Crippen LogP contribution in [0.25, 0.3) is 0 Å². The molecule has 2 aromatic rings. The SMILES string of the molecule is C=C(CCCOCCC)CCCOc1c(C)cc(NC2=NC=C(C#N)C(N3OCC[C@H]3c3ccccc3)=C=C2)cc1C. The van der Waals surface area contributed by atoms with Crippen molar-refractivity contribution in [2.75, 3.05) is 31.7 Å². The van der Waals surface area contributed by atoms with Crippen molar-refractivity contribution in [3.05, 3.63) is 101 Å². The number of aliphatic imine (C=N–C) groups is 1. The van der Waals surface area contributed by atoms with E-state index in [9.17, 15) is 5.26 Å². The zero-order valence-electron chi connectivity index (χ0n) is 25.1. The molecule has 0 spiro atoms. The summed E-state index contributed by atoms with van der Waals surface area (Å²) in [6.45, 7) is 13.3. The number of nitrogens with zero attached hydrogens (tertiary/aromatic N) is 3. The van der Waals surface area contributed by atoms with Gasteiger partial charge >= 0.3 is 0 Å². The monoisotopic (exact) mass is 566 g/mol. The second kappa shape index (κ2) is 15.8. The van der Waals surface area contributed by atoms with Gasteiger partial charge in [-0.15, -0.1) is 0 Å². The number of aryl methyl sites for hydroxylation is 2. The second-order valence-corrected chi connectivity index (χ2v) is 10.7. The summed E-state index contributed by atoms with van der Waals surface area (Å²) in [5.41, 5.74) is 9.61. The molecule has 2 aliphatic rings. The Labute approximate surface area is 250 Å². The van der Waals surface area contributed by atoms with Gasteiger partial charge < -0.3 is 14.8 Å². The predicted molar refractivity (Wildman–Crippen MR) is 168 cm³/mol. The number of allylic oxidation sites excluding steroid dienone is 1. The van der Waals surface area contributed by atoms with Crippen molar-refractivity contribution >= 4 is 11.5 Å². The van der Waals surface area contributed by atoms with Gasteiger partial charge in [0.25, 0.3) is 0 Å². The van der Waals surface area contributed by atoms with E-state index in [1.165, 1.54) is 5.57 Å². The van der Waals surface area contributed by atoms with Gasteiger partial charge in [-0.2, -0.15) is 5.26 Å². The van der Waals surface area contributed by atoms with Gasteiger partial charge in [0.2, 0.25) is 0 Å². The van der Waals surface area contributed by atoms with Crippen LogP contribution in [0.15, 0.2) is 88.9 Å². The van der Waals surface area contributed by atoms with Crippen molar-refractivity contribution < 1.29 is 14.3 Å². The largest absolute Gasteiger partial charge is 0.493 e. The highest BCUT2D eigenvalue weighted by Crippen LogP contribution is 2.35. The van der Waals surface area contributed by atoms with E-state index in [1.54, 1.807) is 17.3 Å². The number of nitrogens with one attached hydrogen (secondary N) is 1. The van der Waals surface area contributed by atoms with Crippen molar-refractivity contribution in [2.45, 2.75) is 65.3 Å². The molecule has 1 fully saturated rings. The van der Waals surface area contributed by atoms with Crippen LogP contribution in [0.3, 0.4) is 0 Å². The third-order valence-corrected chi connectivity index (χ3v) is 7.18. The average molecular weight is 567 g/mol. The first kappa shape index (κ1) is 30.9. The minimum Gasteiger partial charge on any atom is -0.493 e. The van der Waals surface area contributed by atoms with E-state index in [0.717, 1.165) is 79.9 Å². The van der Waals surface area contributed by atoms with E-state index in [-0.39, 0.29) is 6.04 Å². The predicted octanol–water partition coefficient (Wildman–Crippen LogP) is 7.87. The molecule has 0 radical (unpaired) electrons. The fourth-order valence-electron chi connectivity index (χ4n) is 5.14. The molecule has 0 aromatic heterocycles. The molecule has 7 heteroatoms. The number of anilines is 1. The number of hydroxylamine groups is 2. The first-order valence-electron chi connectivity index (χ1n) is 14.9. The van der Waals surface area contributed by atoms with Gasteiger partial charge in [0, 0.05) is 37.6 Å². The first-order chi connectivity index (χ1) is 20.5. The zero-order valence-corrected chi connectivity index (χ0v) is 25.1. The molecule has 1 N–H and O–H groups in total. The highest BCUT2D eigenvalue weighted by molar-refractivity contribution is 6.04. The number of benzene rings is 2. The first-order valence-corrected chi connectivity index (χ1v) is 14.9. The van der Waals surface area contributed by atoms with Crippen LogP contribution in [0.1, 0.15) is 68.2 Å². The summed E-state index contributed by atoms with van der Waals surface area (Å²) in [6, 6.07) is 16.5. The van der Waals surface area contributed by atoms with Crippen LogP contribution in [0.2, 0.25) is 0 Å². The van der Waals surface area contributed by atoms with Gasteiger partial charge in [-0.1, -0.05) is 55.1 Å². The van der Waals surface area contributed by atoms with E-state index in [4.69, 9.17) is 14.3 Å². The summed E-state index contributed by atoms with van der Waals surface area (Å²) in [4.78, 5) is 10.5. The highest BCUT2D eigenvalue weighted by Gasteiger charge is 2.31. The number of ether oxygens (including phenoxy) is 2. The van der Waals surface area contributed by atoms with Crippen LogP contribution in [0.5, 0.6) is 5.75 Å². The second-order valence-electron chi connectivity index (χ2n) is 10.7. The molecule has 0 aliphatic carbocycles. The fraction of sp³-hybridized carbons (Fsp3) is 0.400. The molecule has 7 nitrogen and oxygen atoms in total. The molecule has 2 aromatic carbocycles. The summed E-state index contributed by atoms with van der Waals surface area (Å²) in [6.07, 6.45) is 9.14. The maximum Gasteiger partial charge on any atom is 0.138 e. The third kappa shape index (κ3) is 8.47. The lowest BCUT2D eigenvalue weighted by atomic mass is 10.0. The molecule has 42 heavy (non-hydrogen) atoms. The Balaban J connectivity index is 1.36. The number of hydrogen-bond acceptors (Lipinski definition) is 7.